The molecule has 3 amide bonds. The Bertz CT molecular complexity index is 741. The number of hydrogen-bond acceptors (Lipinski definition) is 6. The summed E-state index contributed by atoms with van der Waals surface area (Å²) in [6.45, 7) is 5.17. The number of rotatable bonds is 6. The van der Waals surface area contributed by atoms with Crippen molar-refractivity contribution in [3.8, 4) is 10.6 Å². The Morgan fingerprint density at radius 3 is 2.50 bits per heavy atom. The largest absolute Gasteiger partial charge is 0.351 e. The van der Waals surface area contributed by atoms with Gasteiger partial charge in [-0.3, -0.25) is 15.0 Å². The lowest BCUT2D eigenvalue weighted by atomic mass is 10.2. The standard InChI is InChI=1S/C18H23N5O2S/c19-18(25)21-16(24)6-7-22-8-10-23(11-9-22)12-15-13-26-17(20-15)14-4-2-1-3-5-14/h1-5,13H,6-12H2,(H3,19,21,24,25). The summed E-state index contributed by atoms with van der Waals surface area (Å²) in [5, 5.41) is 5.28. The molecule has 1 aliphatic rings. The number of thiazole rings is 1. The van der Waals surface area contributed by atoms with E-state index >= 15 is 0 Å². The van der Waals surface area contributed by atoms with Crippen molar-refractivity contribution in [1.29, 1.82) is 0 Å². The van der Waals surface area contributed by atoms with Crippen LogP contribution in [0.25, 0.3) is 10.6 Å². The fraction of sp³-hybridized carbons (Fsp3) is 0.389. The lowest BCUT2D eigenvalue weighted by Crippen LogP contribution is -2.47. The van der Waals surface area contributed by atoms with Crippen molar-refractivity contribution in [1.82, 2.24) is 20.1 Å². The maximum Gasteiger partial charge on any atom is 0.318 e. The first kappa shape index (κ1) is 18.5. The van der Waals surface area contributed by atoms with E-state index in [9.17, 15) is 9.59 Å². The highest BCUT2D eigenvalue weighted by Gasteiger charge is 2.18. The Labute approximate surface area is 156 Å². The van der Waals surface area contributed by atoms with Crippen LogP contribution in [0.1, 0.15) is 12.1 Å². The number of aromatic nitrogens is 1. The van der Waals surface area contributed by atoms with Gasteiger partial charge in [-0.2, -0.15) is 0 Å². The number of amides is 3. The number of nitrogens with two attached hydrogens (primary N) is 1. The van der Waals surface area contributed by atoms with Gasteiger partial charge >= 0.3 is 6.03 Å². The van der Waals surface area contributed by atoms with Crippen LogP contribution in [-0.2, 0) is 11.3 Å². The monoisotopic (exact) mass is 373 g/mol. The van der Waals surface area contributed by atoms with Crippen molar-refractivity contribution in [2.24, 2.45) is 5.73 Å². The Morgan fingerprint density at radius 1 is 1.12 bits per heavy atom. The second kappa shape index (κ2) is 8.88. The number of primary amides is 1. The zero-order valence-electron chi connectivity index (χ0n) is 14.6. The molecule has 138 valence electrons. The van der Waals surface area contributed by atoms with Crippen LogP contribution >= 0.6 is 11.3 Å². The molecule has 1 aromatic heterocycles. The van der Waals surface area contributed by atoms with E-state index in [1.807, 2.05) is 18.2 Å². The summed E-state index contributed by atoms with van der Waals surface area (Å²) in [6.07, 6.45) is 0.287. The number of carbonyl (C=O) groups excluding carboxylic acids is 2. The van der Waals surface area contributed by atoms with Crippen LogP contribution in [0, 0.1) is 0 Å². The third kappa shape index (κ3) is 5.35. The van der Waals surface area contributed by atoms with E-state index in [1.165, 1.54) is 0 Å². The second-order valence-corrected chi connectivity index (χ2v) is 7.15. The number of urea groups is 1. The van der Waals surface area contributed by atoms with Gasteiger partial charge in [-0.15, -0.1) is 11.3 Å². The first-order valence-corrected chi connectivity index (χ1v) is 9.52. The first-order chi connectivity index (χ1) is 12.6. The van der Waals surface area contributed by atoms with Crippen LogP contribution in [0.4, 0.5) is 4.79 Å². The van der Waals surface area contributed by atoms with Gasteiger partial charge in [0.2, 0.25) is 5.91 Å². The Kier molecular flexibility index (Phi) is 6.32. The predicted octanol–water partition coefficient (Wildman–Crippen LogP) is 1.51. The summed E-state index contributed by atoms with van der Waals surface area (Å²) in [6, 6.07) is 9.43. The van der Waals surface area contributed by atoms with E-state index < -0.39 is 6.03 Å². The van der Waals surface area contributed by atoms with Crippen molar-refractivity contribution in [3.05, 3.63) is 41.4 Å². The summed E-state index contributed by atoms with van der Waals surface area (Å²) < 4.78 is 0. The molecule has 1 fully saturated rings. The molecule has 3 N–H and O–H groups in total. The molecule has 0 atom stereocenters. The number of hydrogen-bond donors (Lipinski definition) is 2. The molecule has 8 heteroatoms. The van der Waals surface area contributed by atoms with E-state index in [1.54, 1.807) is 11.3 Å². The molecular weight excluding hydrogens is 350 g/mol. The summed E-state index contributed by atoms with van der Waals surface area (Å²) in [7, 11) is 0. The van der Waals surface area contributed by atoms with E-state index in [-0.39, 0.29) is 12.3 Å². The average Bonchev–Trinajstić information content (AvgIpc) is 3.10. The predicted molar refractivity (Wildman–Crippen MR) is 102 cm³/mol. The van der Waals surface area contributed by atoms with Gasteiger partial charge in [0.15, 0.2) is 0 Å². The minimum atomic E-state index is -0.794. The second-order valence-electron chi connectivity index (χ2n) is 6.29. The van der Waals surface area contributed by atoms with Crippen LogP contribution in [0.5, 0.6) is 0 Å². The lowest BCUT2D eigenvalue weighted by molar-refractivity contribution is -0.120. The molecule has 1 saturated heterocycles. The normalized spacial score (nSPS) is 15.7. The minimum absolute atomic E-state index is 0.287. The Morgan fingerprint density at radius 2 is 1.81 bits per heavy atom. The quantitative estimate of drug-likeness (QED) is 0.801. The molecule has 0 unspecified atom stereocenters. The topological polar surface area (TPSA) is 91.6 Å². The Balaban J connectivity index is 1.42. The van der Waals surface area contributed by atoms with Crippen LogP contribution in [-0.4, -0.2) is 59.4 Å². The highest BCUT2D eigenvalue weighted by molar-refractivity contribution is 7.13. The van der Waals surface area contributed by atoms with Gasteiger partial charge in [0, 0.05) is 56.6 Å². The van der Waals surface area contributed by atoms with Gasteiger partial charge in [0.05, 0.1) is 5.69 Å². The van der Waals surface area contributed by atoms with Crippen molar-refractivity contribution in [2.75, 3.05) is 32.7 Å². The van der Waals surface area contributed by atoms with Gasteiger partial charge in [-0.25, -0.2) is 9.78 Å². The molecule has 0 radical (unpaired) electrons. The molecule has 0 saturated carbocycles. The van der Waals surface area contributed by atoms with Crippen LogP contribution < -0.4 is 11.1 Å². The first-order valence-electron chi connectivity index (χ1n) is 8.64. The van der Waals surface area contributed by atoms with Gasteiger partial charge < -0.3 is 10.6 Å². The SMILES string of the molecule is NC(=O)NC(=O)CCN1CCN(Cc2csc(-c3ccccc3)n2)CC1. The van der Waals surface area contributed by atoms with Crippen LogP contribution in [0.2, 0.25) is 0 Å². The molecular formula is C18H23N5O2S. The maximum atomic E-state index is 11.5. The third-order valence-electron chi connectivity index (χ3n) is 4.34. The minimum Gasteiger partial charge on any atom is -0.351 e. The molecule has 2 heterocycles. The molecule has 26 heavy (non-hydrogen) atoms. The van der Waals surface area contributed by atoms with E-state index in [0.717, 1.165) is 49.0 Å². The zero-order valence-corrected chi connectivity index (χ0v) is 15.4. The van der Waals surface area contributed by atoms with E-state index in [0.29, 0.717) is 6.54 Å². The molecule has 1 aromatic carbocycles. The summed E-state index contributed by atoms with van der Waals surface area (Å²) in [5.41, 5.74) is 7.19. The summed E-state index contributed by atoms with van der Waals surface area (Å²) in [4.78, 5) is 31.5. The van der Waals surface area contributed by atoms with Gasteiger partial charge in [-0.1, -0.05) is 30.3 Å². The summed E-state index contributed by atoms with van der Waals surface area (Å²) >= 11 is 1.68. The van der Waals surface area contributed by atoms with Crippen molar-refractivity contribution in [3.63, 3.8) is 0 Å². The number of imide groups is 1. The highest BCUT2D eigenvalue weighted by Crippen LogP contribution is 2.24. The third-order valence-corrected chi connectivity index (χ3v) is 5.28. The van der Waals surface area contributed by atoms with Gasteiger partial charge in [0.25, 0.3) is 0 Å². The lowest BCUT2D eigenvalue weighted by Gasteiger charge is -2.34. The van der Waals surface area contributed by atoms with Crippen molar-refractivity contribution < 1.29 is 9.59 Å². The van der Waals surface area contributed by atoms with Crippen LogP contribution in [0.15, 0.2) is 35.7 Å². The molecule has 3 rings (SSSR count). The molecule has 0 spiro atoms. The number of nitrogens with zero attached hydrogens (tertiary/aromatic N) is 3. The number of piperazine rings is 1. The molecule has 1 aliphatic heterocycles. The number of carbonyl (C=O) groups is 2. The van der Waals surface area contributed by atoms with Crippen molar-refractivity contribution in [2.45, 2.75) is 13.0 Å². The molecule has 0 bridgehead atoms. The number of benzene rings is 1. The highest BCUT2D eigenvalue weighted by atomic mass is 32.1. The van der Waals surface area contributed by atoms with Crippen molar-refractivity contribution >= 4 is 23.3 Å². The molecule has 2 aromatic rings. The van der Waals surface area contributed by atoms with Crippen LogP contribution in [0.3, 0.4) is 0 Å². The van der Waals surface area contributed by atoms with Gasteiger partial charge in [0.1, 0.15) is 5.01 Å². The summed E-state index contributed by atoms with van der Waals surface area (Å²) in [5.74, 6) is -0.323. The molecule has 0 aliphatic carbocycles. The smallest absolute Gasteiger partial charge is 0.318 e. The molecule has 7 nitrogen and oxygen atoms in total. The average molecular weight is 373 g/mol. The maximum absolute atomic E-state index is 11.5. The zero-order chi connectivity index (χ0) is 18.4. The number of nitrogens with one attached hydrogen (secondary N) is 1. The van der Waals surface area contributed by atoms with E-state index in [4.69, 9.17) is 10.7 Å². The van der Waals surface area contributed by atoms with E-state index in [2.05, 4.69) is 32.6 Å². The van der Waals surface area contributed by atoms with Gasteiger partial charge in [-0.05, 0) is 0 Å². The fourth-order valence-electron chi connectivity index (χ4n) is 2.95. The Hall–Kier alpha value is -2.29. The fourth-order valence-corrected chi connectivity index (χ4v) is 3.77.